The summed E-state index contributed by atoms with van der Waals surface area (Å²) in [4.78, 5) is 0. The van der Waals surface area contributed by atoms with Crippen molar-refractivity contribution >= 4 is 23.2 Å². The molecular weight excluding hydrogens is 240 g/mol. The van der Waals surface area contributed by atoms with E-state index >= 15 is 0 Å². The Hall–Kier alpha value is -1.91. The molecule has 2 aromatic rings. The molecular formula is C13H11BF3O-. The Morgan fingerprint density at radius 3 is 2.50 bits per heavy atom. The number of benzene rings is 2. The Kier molecular flexibility index (Phi) is 3.32. The molecule has 1 nitrogen and oxygen atoms in total. The van der Waals surface area contributed by atoms with E-state index < -0.39 is 12.4 Å². The van der Waals surface area contributed by atoms with Crippen LogP contribution in [0.15, 0.2) is 49.1 Å². The number of hydrogen-bond acceptors (Lipinski definition) is 1. The van der Waals surface area contributed by atoms with E-state index in [1.54, 1.807) is 24.3 Å². The molecule has 18 heavy (non-hydrogen) atoms. The van der Waals surface area contributed by atoms with Gasteiger partial charge in [0.25, 0.3) is 0 Å². The Balaban J connectivity index is 2.67. The van der Waals surface area contributed by atoms with Crippen molar-refractivity contribution in [1.29, 1.82) is 0 Å². The van der Waals surface area contributed by atoms with Gasteiger partial charge in [-0.25, -0.2) is 0 Å². The van der Waals surface area contributed by atoms with Crippen LogP contribution in [0.3, 0.4) is 0 Å². The zero-order valence-electron chi connectivity index (χ0n) is 9.58. The van der Waals surface area contributed by atoms with E-state index in [1.807, 2.05) is 0 Å². The molecule has 0 saturated heterocycles. The molecule has 2 aromatic carbocycles. The van der Waals surface area contributed by atoms with Crippen LogP contribution >= 0.6 is 0 Å². The maximum atomic E-state index is 13.2. The largest absolute Gasteiger partial charge is 0.513 e. The van der Waals surface area contributed by atoms with Crippen molar-refractivity contribution in [2.45, 2.75) is 0 Å². The molecule has 0 amide bonds. The summed E-state index contributed by atoms with van der Waals surface area (Å²) in [6.07, 6.45) is 1.42. The molecule has 0 fully saturated rings. The second-order valence-corrected chi connectivity index (χ2v) is 3.87. The summed E-state index contributed by atoms with van der Waals surface area (Å²) in [7, 11) is 0. The van der Waals surface area contributed by atoms with Gasteiger partial charge in [-0.2, -0.15) is 0 Å². The fraction of sp³-hybridized carbons (Fsp3) is 0.0769. The maximum absolute atomic E-state index is 13.2. The highest BCUT2D eigenvalue weighted by atomic mass is 19.4. The Morgan fingerprint density at radius 2 is 1.83 bits per heavy atom. The minimum Gasteiger partial charge on any atom is -0.493 e. The van der Waals surface area contributed by atoms with Crippen LogP contribution in [-0.2, 0) is 0 Å². The van der Waals surface area contributed by atoms with Gasteiger partial charge >= 0.3 is 6.98 Å². The fourth-order valence-corrected chi connectivity index (χ4v) is 1.89. The maximum Gasteiger partial charge on any atom is 0.513 e. The van der Waals surface area contributed by atoms with Gasteiger partial charge in [0.05, 0.1) is 5.75 Å². The van der Waals surface area contributed by atoms with E-state index in [0.717, 1.165) is 0 Å². The van der Waals surface area contributed by atoms with Crippen molar-refractivity contribution in [3.8, 4) is 5.75 Å². The lowest BCUT2D eigenvalue weighted by Gasteiger charge is -2.22. The predicted octanol–water partition coefficient (Wildman–Crippen LogP) is 3.46. The van der Waals surface area contributed by atoms with Crippen molar-refractivity contribution in [1.82, 2.24) is 0 Å². The lowest BCUT2D eigenvalue weighted by Crippen LogP contribution is -2.36. The van der Waals surface area contributed by atoms with Crippen LogP contribution in [0.25, 0.3) is 10.8 Å². The van der Waals surface area contributed by atoms with Crippen LogP contribution < -0.4 is 10.2 Å². The topological polar surface area (TPSA) is 9.23 Å². The standard InChI is InChI=1S/C13H11BF3O/c1-2-9-18-12-8-7-10-5-3-4-6-11(10)13(12)14(15,16)17/h2-8H,1,9H2/q-1. The summed E-state index contributed by atoms with van der Waals surface area (Å²) in [5, 5.41) is 0.726. The molecule has 5 heteroatoms. The van der Waals surface area contributed by atoms with Gasteiger partial charge in [0.1, 0.15) is 6.61 Å². The summed E-state index contributed by atoms with van der Waals surface area (Å²) < 4.78 is 44.6. The second kappa shape index (κ2) is 4.76. The number of halogens is 3. The lowest BCUT2D eigenvalue weighted by molar-refractivity contribution is 0.363. The number of hydrogen-bond donors (Lipinski definition) is 0. The third kappa shape index (κ3) is 2.35. The molecule has 0 bridgehead atoms. The normalized spacial score (nSPS) is 11.5. The molecule has 0 N–H and O–H groups in total. The molecule has 0 aliphatic rings. The molecule has 94 valence electrons. The van der Waals surface area contributed by atoms with Crippen molar-refractivity contribution in [3.05, 3.63) is 49.1 Å². The van der Waals surface area contributed by atoms with Gasteiger partial charge < -0.3 is 17.7 Å². The van der Waals surface area contributed by atoms with Crippen molar-refractivity contribution < 1.29 is 17.7 Å². The van der Waals surface area contributed by atoms with Crippen LogP contribution in [-0.4, -0.2) is 13.6 Å². The summed E-state index contributed by atoms with van der Waals surface area (Å²) in [6, 6.07) is 9.39. The molecule has 0 heterocycles. The summed E-state index contributed by atoms with van der Waals surface area (Å²) >= 11 is 0. The van der Waals surface area contributed by atoms with Gasteiger partial charge in [-0.05, 0) is 16.8 Å². The molecule has 0 radical (unpaired) electrons. The Bertz CT molecular complexity index is 578. The number of fused-ring (bicyclic) bond motifs is 1. The van der Waals surface area contributed by atoms with Gasteiger partial charge in [-0.15, -0.1) is 0 Å². The third-order valence-electron chi connectivity index (χ3n) is 2.61. The minimum absolute atomic E-state index is 0.0531. The Labute approximate surface area is 103 Å². The van der Waals surface area contributed by atoms with Crippen LogP contribution in [0.5, 0.6) is 5.75 Å². The highest BCUT2D eigenvalue weighted by molar-refractivity contribution is 6.76. The van der Waals surface area contributed by atoms with Gasteiger partial charge in [0.2, 0.25) is 0 Å². The first-order valence-corrected chi connectivity index (χ1v) is 5.49. The van der Waals surface area contributed by atoms with Crippen molar-refractivity contribution in [2.75, 3.05) is 6.61 Å². The first-order valence-electron chi connectivity index (χ1n) is 5.49. The molecule has 2 rings (SSSR count). The van der Waals surface area contributed by atoms with E-state index in [-0.39, 0.29) is 17.7 Å². The van der Waals surface area contributed by atoms with E-state index in [4.69, 9.17) is 4.74 Å². The van der Waals surface area contributed by atoms with Crippen LogP contribution in [0.4, 0.5) is 12.9 Å². The molecule has 0 aliphatic heterocycles. The van der Waals surface area contributed by atoms with Crippen LogP contribution in [0.2, 0.25) is 0 Å². The highest BCUT2D eigenvalue weighted by Crippen LogP contribution is 2.25. The van der Waals surface area contributed by atoms with Gasteiger partial charge in [0.15, 0.2) is 0 Å². The minimum atomic E-state index is -5.12. The van der Waals surface area contributed by atoms with E-state index in [0.29, 0.717) is 5.39 Å². The number of rotatable bonds is 4. The monoisotopic (exact) mass is 251 g/mol. The smallest absolute Gasteiger partial charge is 0.493 e. The average Bonchev–Trinajstić information content (AvgIpc) is 2.34. The van der Waals surface area contributed by atoms with Gasteiger partial charge in [-0.1, -0.05) is 48.4 Å². The first kappa shape index (κ1) is 12.5. The van der Waals surface area contributed by atoms with E-state index in [2.05, 4.69) is 6.58 Å². The van der Waals surface area contributed by atoms with Crippen molar-refractivity contribution in [2.24, 2.45) is 0 Å². The highest BCUT2D eigenvalue weighted by Gasteiger charge is 2.31. The Morgan fingerprint density at radius 1 is 1.11 bits per heavy atom. The zero-order valence-corrected chi connectivity index (χ0v) is 9.58. The second-order valence-electron chi connectivity index (χ2n) is 3.87. The molecule has 0 aromatic heterocycles. The first-order chi connectivity index (χ1) is 8.54. The summed E-state index contributed by atoms with van der Waals surface area (Å²) in [6.45, 7) is -1.64. The molecule has 0 aliphatic carbocycles. The fourth-order valence-electron chi connectivity index (χ4n) is 1.89. The number of ether oxygens (including phenoxy) is 1. The SMILES string of the molecule is C=CCOc1ccc2ccccc2c1[B-](F)(F)F. The molecule has 0 saturated carbocycles. The zero-order chi connectivity index (χ0) is 13.2. The molecule has 0 unspecified atom stereocenters. The van der Waals surface area contributed by atoms with E-state index in [9.17, 15) is 12.9 Å². The lowest BCUT2D eigenvalue weighted by atomic mass is 9.76. The third-order valence-corrected chi connectivity index (χ3v) is 2.61. The van der Waals surface area contributed by atoms with Crippen molar-refractivity contribution in [3.63, 3.8) is 0 Å². The summed E-state index contributed by atoms with van der Waals surface area (Å²) in [5.74, 6) is -0.138. The van der Waals surface area contributed by atoms with Crippen LogP contribution in [0, 0.1) is 0 Å². The average molecular weight is 251 g/mol. The quantitative estimate of drug-likeness (QED) is 0.597. The van der Waals surface area contributed by atoms with Gasteiger partial charge in [0, 0.05) is 0 Å². The van der Waals surface area contributed by atoms with Gasteiger partial charge in [-0.3, -0.25) is 0 Å². The molecule has 0 atom stereocenters. The van der Waals surface area contributed by atoms with E-state index in [1.165, 1.54) is 18.2 Å². The summed E-state index contributed by atoms with van der Waals surface area (Å²) in [5.41, 5.74) is -0.671. The molecule has 0 spiro atoms. The van der Waals surface area contributed by atoms with Crippen LogP contribution in [0.1, 0.15) is 0 Å². The predicted molar refractivity (Wildman–Crippen MR) is 68.4 cm³/mol.